The zero-order chi connectivity index (χ0) is 11.4. The molecule has 0 bridgehead atoms. The third-order valence-corrected chi connectivity index (χ3v) is 3.95. The van der Waals surface area contributed by atoms with Gasteiger partial charge in [0.1, 0.15) is 5.78 Å². The largest absolute Gasteiger partial charge is 0.317 e. The fourth-order valence-corrected chi connectivity index (χ4v) is 3.14. The zero-order valence-corrected chi connectivity index (χ0v) is 10.4. The lowest BCUT2D eigenvalue weighted by Crippen LogP contribution is -2.47. The molecular formula is C13H24N2O. The van der Waals surface area contributed by atoms with Crippen molar-refractivity contribution in [2.24, 2.45) is 0 Å². The van der Waals surface area contributed by atoms with Gasteiger partial charge >= 0.3 is 0 Å². The Bertz CT molecular complexity index is 236. The molecule has 16 heavy (non-hydrogen) atoms. The molecule has 0 spiro atoms. The summed E-state index contributed by atoms with van der Waals surface area (Å²) in [7, 11) is 0. The molecule has 1 heterocycles. The van der Waals surface area contributed by atoms with Gasteiger partial charge in [-0.3, -0.25) is 9.69 Å². The Morgan fingerprint density at radius 2 is 2.00 bits per heavy atom. The summed E-state index contributed by atoms with van der Waals surface area (Å²) in [4.78, 5) is 14.0. The zero-order valence-electron chi connectivity index (χ0n) is 10.4. The van der Waals surface area contributed by atoms with Gasteiger partial charge in [0.25, 0.3) is 0 Å². The second kappa shape index (κ2) is 5.78. The second-order valence-electron chi connectivity index (χ2n) is 5.15. The SMILES string of the molecule is CCCN(C1CCNCC1)C1CCC(=O)C1. The molecular weight excluding hydrogens is 200 g/mol. The highest BCUT2D eigenvalue weighted by Gasteiger charge is 2.31. The maximum atomic E-state index is 11.4. The fourth-order valence-electron chi connectivity index (χ4n) is 3.14. The summed E-state index contributed by atoms with van der Waals surface area (Å²) in [6.07, 6.45) is 6.44. The van der Waals surface area contributed by atoms with Crippen LogP contribution in [0, 0.1) is 0 Å². The van der Waals surface area contributed by atoms with Crippen LogP contribution >= 0.6 is 0 Å². The molecule has 2 aliphatic rings. The Hall–Kier alpha value is -0.410. The Kier molecular flexibility index (Phi) is 4.36. The van der Waals surface area contributed by atoms with Crippen molar-refractivity contribution in [1.29, 1.82) is 0 Å². The number of nitrogens with zero attached hydrogens (tertiary/aromatic N) is 1. The summed E-state index contributed by atoms with van der Waals surface area (Å²) in [6, 6.07) is 1.27. The van der Waals surface area contributed by atoms with Crippen LogP contribution in [0.1, 0.15) is 45.4 Å². The van der Waals surface area contributed by atoms with Crippen LogP contribution in [0.5, 0.6) is 0 Å². The van der Waals surface area contributed by atoms with Crippen molar-refractivity contribution in [2.45, 2.75) is 57.5 Å². The van der Waals surface area contributed by atoms with Gasteiger partial charge in [0, 0.05) is 24.9 Å². The van der Waals surface area contributed by atoms with Gasteiger partial charge in [0.05, 0.1) is 0 Å². The molecule has 0 amide bonds. The number of carbonyl (C=O) groups is 1. The number of nitrogens with one attached hydrogen (secondary N) is 1. The number of hydrogen-bond acceptors (Lipinski definition) is 3. The summed E-state index contributed by atoms with van der Waals surface area (Å²) >= 11 is 0. The van der Waals surface area contributed by atoms with Crippen LogP contribution in [0.3, 0.4) is 0 Å². The molecule has 1 aliphatic heterocycles. The highest BCUT2D eigenvalue weighted by Crippen LogP contribution is 2.25. The second-order valence-corrected chi connectivity index (χ2v) is 5.15. The van der Waals surface area contributed by atoms with Crippen molar-refractivity contribution >= 4 is 5.78 Å². The van der Waals surface area contributed by atoms with Gasteiger partial charge in [-0.05, 0) is 45.3 Å². The van der Waals surface area contributed by atoms with E-state index >= 15 is 0 Å². The lowest BCUT2D eigenvalue weighted by Gasteiger charge is -2.38. The first-order valence-electron chi connectivity index (χ1n) is 6.79. The predicted octanol–water partition coefficient (Wildman–Crippen LogP) is 1.57. The minimum atomic E-state index is 0.472. The third-order valence-electron chi connectivity index (χ3n) is 3.95. The molecule has 92 valence electrons. The fraction of sp³-hybridized carbons (Fsp3) is 0.923. The Labute approximate surface area is 98.6 Å². The van der Waals surface area contributed by atoms with Gasteiger partial charge in [-0.1, -0.05) is 6.92 Å². The quantitative estimate of drug-likeness (QED) is 0.787. The van der Waals surface area contributed by atoms with E-state index in [9.17, 15) is 4.79 Å². The Morgan fingerprint density at radius 3 is 2.56 bits per heavy atom. The van der Waals surface area contributed by atoms with E-state index in [0.717, 1.165) is 38.4 Å². The first-order chi connectivity index (χ1) is 7.81. The highest BCUT2D eigenvalue weighted by atomic mass is 16.1. The molecule has 1 N–H and O–H groups in total. The molecule has 3 nitrogen and oxygen atoms in total. The molecule has 1 atom stereocenters. The molecule has 2 fully saturated rings. The Morgan fingerprint density at radius 1 is 1.25 bits per heavy atom. The molecule has 1 aliphatic carbocycles. The van der Waals surface area contributed by atoms with Crippen LogP contribution in [0.2, 0.25) is 0 Å². The number of ketones is 1. The van der Waals surface area contributed by atoms with Gasteiger partial charge in [-0.2, -0.15) is 0 Å². The van der Waals surface area contributed by atoms with Gasteiger partial charge in [-0.25, -0.2) is 0 Å². The molecule has 0 radical (unpaired) electrons. The van der Waals surface area contributed by atoms with Gasteiger partial charge in [0.15, 0.2) is 0 Å². The van der Waals surface area contributed by atoms with Crippen LogP contribution in [-0.4, -0.2) is 42.4 Å². The molecule has 1 saturated heterocycles. The molecule has 0 aromatic carbocycles. The molecule has 1 unspecified atom stereocenters. The van der Waals surface area contributed by atoms with E-state index < -0.39 is 0 Å². The minimum Gasteiger partial charge on any atom is -0.317 e. The first-order valence-corrected chi connectivity index (χ1v) is 6.79. The van der Waals surface area contributed by atoms with Gasteiger partial charge in [0.2, 0.25) is 0 Å². The van der Waals surface area contributed by atoms with E-state index in [4.69, 9.17) is 0 Å². The summed E-state index contributed by atoms with van der Waals surface area (Å²) in [5.74, 6) is 0.472. The summed E-state index contributed by atoms with van der Waals surface area (Å²) in [5.41, 5.74) is 0. The number of hydrogen-bond donors (Lipinski definition) is 1. The molecule has 0 aromatic rings. The topological polar surface area (TPSA) is 32.3 Å². The van der Waals surface area contributed by atoms with E-state index in [1.165, 1.54) is 25.8 Å². The van der Waals surface area contributed by atoms with Crippen LogP contribution in [0.4, 0.5) is 0 Å². The van der Waals surface area contributed by atoms with Crippen molar-refractivity contribution in [3.8, 4) is 0 Å². The summed E-state index contributed by atoms with van der Waals surface area (Å²) in [5, 5.41) is 3.42. The van der Waals surface area contributed by atoms with E-state index in [1.54, 1.807) is 0 Å². The number of carbonyl (C=O) groups excluding carboxylic acids is 1. The van der Waals surface area contributed by atoms with E-state index in [-0.39, 0.29) is 0 Å². The lowest BCUT2D eigenvalue weighted by molar-refractivity contribution is -0.117. The lowest BCUT2D eigenvalue weighted by atomic mass is 10.0. The maximum Gasteiger partial charge on any atom is 0.134 e. The molecule has 2 rings (SSSR count). The molecule has 1 saturated carbocycles. The maximum absolute atomic E-state index is 11.4. The van der Waals surface area contributed by atoms with Crippen molar-refractivity contribution in [2.75, 3.05) is 19.6 Å². The normalized spacial score (nSPS) is 27.9. The average Bonchev–Trinajstić information content (AvgIpc) is 2.74. The van der Waals surface area contributed by atoms with Gasteiger partial charge < -0.3 is 5.32 Å². The van der Waals surface area contributed by atoms with E-state index in [1.807, 2.05) is 0 Å². The standard InChI is InChI=1S/C13H24N2O/c1-2-9-15(11-5-7-14-8-6-11)12-3-4-13(16)10-12/h11-12,14H,2-10H2,1H3. The van der Waals surface area contributed by atoms with E-state index in [2.05, 4.69) is 17.1 Å². The van der Waals surface area contributed by atoms with Crippen LogP contribution in [0.25, 0.3) is 0 Å². The van der Waals surface area contributed by atoms with Crippen LogP contribution < -0.4 is 5.32 Å². The van der Waals surface area contributed by atoms with Crippen molar-refractivity contribution in [3.63, 3.8) is 0 Å². The van der Waals surface area contributed by atoms with Gasteiger partial charge in [-0.15, -0.1) is 0 Å². The highest BCUT2D eigenvalue weighted by molar-refractivity contribution is 5.81. The average molecular weight is 224 g/mol. The number of piperidine rings is 1. The van der Waals surface area contributed by atoms with Crippen molar-refractivity contribution < 1.29 is 4.79 Å². The first kappa shape index (κ1) is 12.1. The number of rotatable bonds is 4. The summed E-state index contributed by atoms with van der Waals surface area (Å²) in [6.45, 7) is 5.70. The minimum absolute atomic E-state index is 0.472. The van der Waals surface area contributed by atoms with E-state index in [0.29, 0.717) is 11.8 Å². The smallest absolute Gasteiger partial charge is 0.134 e. The summed E-state index contributed by atoms with van der Waals surface area (Å²) < 4.78 is 0. The predicted molar refractivity (Wildman–Crippen MR) is 65.5 cm³/mol. The van der Waals surface area contributed by atoms with Crippen LogP contribution in [0.15, 0.2) is 0 Å². The number of Topliss-reactive ketones (excluding diaryl/α,β-unsaturated/α-hetero) is 1. The van der Waals surface area contributed by atoms with Crippen molar-refractivity contribution in [1.82, 2.24) is 10.2 Å². The molecule has 3 heteroatoms. The third kappa shape index (κ3) is 2.83. The molecule has 0 aromatic heterocycles. The van der Waals surface area contributed by atoms with Crippen molar-refractivity contribution in [3.05, 3.63) is 0 Å². The Balaban J connectivity index is 1.95. The monoisotopic (exact) mass is 224 g/mol. The van der Waals surface area contributed by atoms with Crippen LogP contribution in [-0.2, 0) is 4.79 Å².